The molecule has 0 spiro atoms. The second-order valence-corrected chi connectivity index (χ2v) is 9.89. The summed E-state index contributed by atoms with van der Waals surface area (Å²) < 4.78 is 20.1. The summed E-state index contributed by atoms with van der Waals surface area (Å²) in [6.45, 7) is 7.40. The topological polar surface area (TPSA) is 95.8 Å². The van der Waals surface area contributed by atoms with Gasteiger partial charge in [-0.25, -0.2) is 9.18 Å². The lowest BCUT2D eigenvalue weighted by molar-refractivity contribution is 0.133. The number of nitrogens with two attached hydrogens (primary N) is 1. The fraction of sp³-hybridized carbons (Fsp3) is 0.267. The summed E-state index contributed by atoms with van der Waals surface area (Å²) in [5.74, 6) is 0.431. The summed E-state index contributed by atoms with van der Waals surface area (Å²) in [5.41, 5.74) is 9.67. The second kappa shape index (κ2) is 11.7. The largest absolute Gasteiger partial charge is 0.476 e. The molecule has 1 aliphatic rings. The zero-order valence-electron chi connectivity index (χ0n) is 22.2. The van der Waals surface area contributed by atoms with Gasteiger partial charge in [-0.05, 0) is 72.4 Å². The minimum atomic E-state index is -0.519. The number of urea groups is 1. The number of aryl methyl sites for hydroxylation is 1. The molecule has 0 aliphatic carbocycles. The molecule has 0 radical (unpaired) electrons. The first kappa shape index (κ1) is 26.4. The van der Waals surface area contributed by atoms with Crippen LogP contribution in [0.3, 0.4) is 0 Å². The lowest BCUT2D eigenvalue weighted by Gasteiger charge is -2.32. The van der Waals surface area contributed by atoms with Gasteiger partial charge in [0.25, 0.3) is 0 Å². The summed E-state index contributed by atoms with van der Waals surface area (Å²) >= 11 is 0. The summed E-state index contributed by atoms with van der Waals surface area (Å²) in [5, 5.41) is 7.14. The van der Waals surface area contributed by atoms with Gasteiger partial charge in [-0.3, -0.25) is 4.90 Å². The highest BCUT2D eigenvalue weighted by molar-refractivity contribution is 6.02. The van der Waals surface area contributed by atoms with Gasteiger partial charge in [0.05, 0.1) is 5.69 Å². The summed E-state index contributed by atoms with van der Waals surface area (Å²) in [4.78, 5) is 21.6. The smallest absolute Gasteiger partial charge is 0.323 e. The van der Waals surface area contributed by atoms with Crippen molar-refractivity contribution in [2.75, 3.05) is 62.7 Å². The van der Waals surface area contributed by atoms with Crippen molar-refractivity contribution in [3.05, 3.63) is 78.1 Å². The molecule has 4 N–H and O–H groups in total. The third kappa shape index (κ3) is 6.45. The van der Waals surface area contributed by atoms with Crippen molar-refractivity contribution in [3.8, 4) is 17.0 Å². The van der Waals surface area contributed by atoms with Crippen LogP contribution in [0.25, 0.3) is 21.9 Å². The summed E-state index contributed by atoms with van der Waals surface area (Å²) in [7, 11) is 2.14. The molecule has 202 valence electrons. The number of benzene rings is 3. The van der Waals surface area contributed by atoms with Gasteiger partial charge in [0.15, 0.2) is 0 Å². The van der Waals surface area contributed by atoms with Crippen molar-refractivity contribution in [3.63, 3.8) is 0 Å². The Morgan fingerprint density at radius 2 is 1.77 bits per heavy atom. The predicted octanol–water partition coefficient (Wildman–Crippen LogP) is 5.20. The van der Waals surface area contributed by atoms with Crippen molar-refractivity contribution >= 4 is 34.0 Å². The molecule has 0 bridgehead atoms. The zero-order chi connectivity index (χ0) is 27.4. The number of pyridine rings is 1. The molecule has 0 unspecified atom stereocenters. The van der Waals surface area contributed by atoms with Crippen LogP contribution in [0.1, 0.15) is 5.56 Å². The zero-order valence-corrected chi connectivity index (χ0v) is 22.2. The SMILES string of the molecule is Cc1ccc(F)c(NC(=O)Nc2ccc(-c3cccc4c(OCCN5CCN(C)CC5)nc(N)cc34)cc2)c1. The summed E-state index contributed by atoms with van der Waals surface area (Å²) in [6.07, 6.45) is 0. The second-order valence-electron chi connectivity index (χ2n) is 9.89. The Labute approximate surface area is 227 Å². The maximum Gasteiger partial charge on any atom is 0.323 e. The molecule has 3 aromatic carbocycles. The third-order valence-corrected chi connectivity index (χ3v) is 6.93. The molecule has 8 nitrogen and oxygen atoms in total. The number of nitrogen functional groups attached to an aromatic ring is 1. The van der Waals surface area contributed by atoms with E-state index in [1.807, 2.05) is 43.3 Å². The van der Waals surface area contributed by atoms with Crippen molar-refractivity contribution in [1.82, 2.24) is 14.8 Å². The van der Waals surface area contributed by atoms with E-state index in [1.54, 1.807) is 24.3 Å². The molecule has 1 saturated heterocycles. The number of amides is 2. The lowest BCUT2D eigenvalue weighted by Crippen LogP contribution is -2.45. The van der Waals surface area contributed by atoms with Gasteiger partial charge >= 0.3 is 6.03 Å². The maximum absolute atomic E-state index is 14.0. The van der Waals surface area contributed by atoms with E-state index in [2.05, 4.69) is 32.5 Å². The first-order valence-corrected chi connectivity index (χ1v) is 13.0. The lowest BCUT2D eigenvalue weighted by atomic mass is 9.99. The highest BCUT2D eigenvalue weighted by Crippen LogP contribution is 2.34. The van der Waals surface area contributed by atoms with E-state index in [9.17, 15) is 9.18 Å². The Hall–Kier alpha value is -4.21. The number of rotatable bonds is 7. The van der Waals surface area contributed by atoms with Crippen molar-refractivity contribution < 1.29 is 13.9 Å². The number of piperazine rings is 1. The Balaban J connectivity index is 1.29. The number of carbonyl (C=O) groups excluding carboxylic acids is 1. The van der Waals surface area contributed by atoms with Crippen molar-refractivity contribution in [1.29, 1.82) is 0 Å². The van der Waals surface area contributed by atoms with Crippen LogP contribution in [-0.2, 0) is 0 Å². The van der Waals surface area contributed by atoms with Crippen molar-refractivity contribution in [2.45, 2.75) is 6.92 Å². The van der Waals surface area contributed by atoms with E-state index < -0.39 is 11.8 Å². The average Bonchev–Trinajstić information content (AvgIpc) is 2.92. The van der Waals surface area contributed by atoms with Crippen LogP contribution in [0, 0.1) is 12.7 Å². The number of nitrogens with zero attached hydrogens (tertiary/aromatic N) is 3. The molecule has 4 aromatic rings. The predicted molar refractivity (Wildman–Crippen MR) is 155 cm³/mol. The molecule has 5 rings (SSSR count). The standard InChI is InChI=1S/C30H33FN6O2/c1-20-6-11-26(31)27(18-20)34-30(38)33-22-9-7-21(8-10-22)23-4-3-5-24-25(23)19-28(32)35-29(24)39-17-16-37-14-12-36(2)13-15-37/h3-11,18-19H,12-17H2,1-2H3,(H2,32,35)(H2,33,34,38). The van der Waals surface area contributed by atoms with Gasteiger partial charge in [0.2, 0.25) is 5.88 Å². The first-order valence-electron chi connectivity index (χ1n) is 13.0. The van der Waals surface area contributed by atoms with Gasteiger partial charge in [-0.1, -0.05) is 30.3 Å². The Morgan fingerprint density at radius 1 is 1.00 bits per heavy atom. The molecule has 2 amide bonds. The van der Waals surface area contributed by atoms with Crippen LogP contribution in [0.2, 0.25) is 0 Å². The number of anilines is 3. The first-order chi connectivity index (χ1) is 18.9. The van der Waals surface area contributed by atoms with E-state index in [0.717, 1.165) is 60.2 Å². The normalized spacial score (nSPS) is 14.3. The number of halogens is 1. The van der Waals surface area contributed by atoms with Crippen LogP contribution in [0.15, 0.2) is 66.7 Å². The number of aromatic nitrogens is 1. The van der Waals surface area contributed by atoms with Gasteiger partial charge < -0.3 is 26.0 Å². The minimum absolute atomic E-state index is 0.132. The summed E-state index contributed by atoms with van der Waals surface area (Å²) in [6, 6.07) is 19.3. The van der Waals surface area contributed by atoms with E-state index in [0.29, 0.717) is 24.0 Å². The number of hydrogen-bond acceptors (Lipinski definition) is 6. The van der Waals surface area contributed by atoms with Gasteiger partial charge in [0.1, 0.15) is 18.2 Å². The van der Waals surface area contributed by atoms with Crippen molar-refractivity contribution in [2.24, 2.45) is 0 Å². The molecule has 1 aliphatic heterocycles. The molecular weight excluding hydrogens is 495 g/mol. The number of carbonyl (C=O) groups is 1. The fourth-order valence-electron chi connectivity index (χ4n) is 4.72. The molecule has 1 aromatic heterocycles. The van der Waals surface area contributed by atoms with E-state index in [-0.39, 0.29) is 5.69 Å². The van der Waals surface area contributed by atoms with Crippen LogP contribution in [0.4, 0.5) is 26.4 Å². The van der Waals surface area contributed by atoms with E-state index in [4.69, 9.17) is 10.5 Å². The van der Waals surface area contributed by atoms with Gasteiger partial charge in [0, 0.05) is 43.8 Å². The number of fused-ring (bicyclic) bond motifs is 1. The molecule has 9 heteroatoms. The highest BCUT2D eigenvalue weighted by atomic mass is 19.1. The number of likely N-dealkylation sites (N-methyl/N-ethyl adjacent to an activating group) is 1. The molecule has 0 saturated carbocycles. The third-order valence-electron chi connectivity index (χ3n) is 6.93. The Bertz CT molecular complexity index is 1470. The number of hydrogen-bond donors (Lipinski definition) is 3. The Kier molecular flexibility index (Phi) is 7.90. The fourth-order valence-corrected chi connectivity index (χ4v) is 4.72. The monoisotopic (exact) mass is 528 g/mol. The van der Waals surface area contributed by atoms with E-state index in [1.165, 1.54) is 6.07 Å². The van der Waals surface area contributed by atoms with Gasteiger partial charge in [-0.2, -0.15) is 4.98 Å². The maximum atomic E-state index is 14.0. The number of ether oxygens (including phenoxy) is 1. The molecule has 1 fully saturated rings. The van der Waals surface area contributed by atoms with Gasteiger partial charge in [-0.15, -0.1) is 0 Å². The van der Waals surface area contributed by atoms with E-state index >= 15 is 0 Å². The molecule has 0 atom stereocenters. The highest BCUT2D eigenvalue weighted by Gasteiger charge is 2.15. The van der Waals surface area contributed by atoms with Crippen LogP contribution >= 0.6 is 0 Å². The van der Waals surface area contributed by atoms with Crippen LogP contribution in [-0.4, -0.2) is 67.2 Å². The minimum Gasteiger partial charge on any atom is -0.476 e. The quantitative estimate of drug-likeness (QED) is 0.305. The van der Waals surface area contributed by atoms with Crippen LogP contribution in [0.5, 0.6) is 5.88 Å². The van der Waals surface area contributed by atoms with Crippen LogP contribution < -0.4 is 21.1 Å². The molecular formula is C30H33FN6O2. The Morgan fingerprint density at radius 3 is 2.54 bits per heavy atom. The number of nitrogens with one attached hydrogen (secondary N) is 2. The average molecular weight is 529 g/mol. The molecule has 2 heterocycles. The molecule has 39 heavy (non-hydrogen) atoms.